The second-order valence-electron chi connectivity index (χ2n) is 8.43. The molecule has 164 valence electrons. The smallest absolute Gasteiger partial charge is 0.294 e. The van der Waals surface area contributed by atoms with Crippen molar-refractivity contribution in [2.45, 2.75) is 26.2 Å². The van der Waals surface area contributed by atoms with Crippen molar-refractivity contribution in [2.75, 3.05) is 31.1 Å². The fraction of sp³-hybridized carbons (Fsp3) is 0.364. The second kappa shape index (κ2) is 9.20. The summed E-state index contributed by atoms with van der Waals surface area (Å²) in [5.41, 5.74) is 2.11. The number of hydrogen-bond donors (Lipinski definition) is 1. The largest absolute Gasteiger partial charge is 0.361 e. The third-order valence-electron chi connectivity index (χ3n) is 5.28. The fourth-order valence-corrected chi connectivity index (χ4v) is 4.03. The van der Waals surface area contributed by atoms with E-state index >= 15 is 0 Å². The quantitative estimate of drug-likeness (QED) is 0.416. The van der Waals surface area contributed by atoms with E-state index in [4.69, 9.17) is 23.8 Å². The fourth-order valence-electron chi connectivity index (χ4n) is 3.47. The van der Waals surface area contributed by atoms with Crippen LogP contribution in [0.5, 0.6) is 0 Å². The number of nitro benzene ring substituents is 1. The summed E-state index contributed by atoms with van der Waals surface area (Å²) in [7, 11) is 0. The van der Waals surface area contributed by atoms with Gasteiger partial charge in [0.15, 0.2) is 5.11 Å². The molecule has 1 N–H and O–H groups in total. The van der Waals surface area contributed by atoms with Crippen LogP contribution in [0.1, 0.15) is 36.7 Å². The first-order valence-electron chi connectivity index (χ1n) is 9.96. The van der Waals surface area contributed by atoms with Gasteiger partial charge >= 0.3 is 0 Å². The maximum absolute atomic E-state index is 12.6. The molecule has 1 saturated heterocycles. The lowest BCUT2D eigenvalue weighted by molar-refractivity contribution is -0.384. The van der Waals surface area contributed by atoms with Gasteiger partial charge in [-0.2, -0.15) is 0 Å². The molecular formula is C22H25ClN4O3S. The average molecular weight is 461 g/mol. The molecule has 3 rings (SSSR count). The number of anilines is 1. The minimum absolute atomic E-state index is 0.0146. The first-order valence-corrected chi connectivity index (χ1v) is 10.7. The molecule has 2 aromatic rings. The number of piperazine rings is 1. The molecular weight excluding hydrogens is 436 g/mol. The first-order chi connectivity index (χ1) is 14.6. The number of benzene rings is 2. The number of amides is 1. The number of thiocarbonyl (C=S) groups is 1. The average Bonchev–Trinajstić information content (AvgIpc) is 2.73. The highest BCUT2D eigenvalue weighted by molar-refractivity contribution is 7.80. The number of carbonyl (C=O) groups excluding carboxylic acids is 1. The molecule has 0 aromatic heterocycles. The summed E-state index contributed by atoms with van der Waals surface area (Å²) in [5, 5.41) is 14.8. The van der Waals surface area contributed by atoms with Gasteiger partial charge in [0.25, 0.3) is 11.6 Å². The van der Waals surface area contributed by atoms with Gasteiger partial charge in [0.2, 0.25) is 0 Å². The van der Waals surface area contributed by atoms with Crippen molar-refractivity contribution in [3.63, 3.8) is 0 Å². The molecule has 0 bridgehead atoms. The lowest BCUT2D eigenvalue weighted by Crippen LogP contribution is -2.52. The molecule has 1 aliphatic rings. The molecule has 0 radical (unpaired) electrons. The number of hydrogen-bond acceptors (Lipinski definition) is 5. The van der Waals surface area contributed by atoms with Crippen LogP contribution < -0.4 is 10.2 Å². The van der Waals surface area contributed by atoms with E-state index in [1.807, 2.05) is 21.9 Å². The topological polar surface area (TPSA) is 78.7 Å². The van der Waals surface area contributed by atoms with Crippen LogP contribution in [0.2, 0.25) is 5.02 Å². The van der Waals surface area contributed by atoms with Crippen LogP contribution in [-0.2, 0) is 5.41 Å². The van der Waals surface area contributed by atoms with Crippen LogP contribution in [-0.4, -0.2) is 47.0 Å². The van der Waals surface area contributed by atoms with Gasteiger partial charge in [-0.1, -0.05) is 50.6 Å². The standard InChI is InChI=1S/C22H25ClN4O3S/c1-22(2,3)16-9-7-15(8-10-16)20(28)24-21(31)26-13-11-25(12-14-26)19-17(23)5-4-6-18(19)27(29)30/h4-10H,11-14H2,1-3H3,(H,24,28,31). The highest BCUT2D eigenvalue weighted by atomic mass is 35.5. The zero-order valence-corrected chi connectivity index (χ0v) is 19.3. The number of carbonyl (C=O) groups is 1. The Morgan fingerprint density at radius 3 is 2.26 bits per heavy atom. The molecule has 31 heavy (non-hydrogen) atoms. The molecule has 0 unspecified atom stereocenters. The van der Waals surface area contributed by atoms with Crippen LogP contribution in [0.3, 0.4) is 0 Å². The summed E-state index contributed by atoms with van der Waals surface area (Å²) >= 11 is 11.7. The predicted molar refractivity (Wildman–Crippen MR) is 127 cm³/mol. The van der Waals surface area contributed by atoms with Gasteiger partial charge in [0.05, 0.1) is 9.95 Å². The number of rotatable bonds is 3. The maximum Gasteiger partial charge on any atom is 0.294 e. The van der Waals surface area contributed by atoms with Gasteiger partial charge in [0, 0.05) is 37.8 Å². The van der Waals surface area contributed by atoms with Crippen LogP contribution in [0.15, 0.2) is 42.5 Å². The summed E-state index contributed by atoms with van der Waals surface area (Å²) in [5.74, 6) is -0.255. The van der Waals surface area contributed by atoms with Gasteiger partial charge in [-0.25, -0.2) is 0 Å². The van der Waals surface area contributed by atoms with Gasteiger partial charge in [-0.3, -0.25) is 20.2 Å². The van der Waals surface area contributed by atoms with Crippen LogP contribution in [0.4, 0.5) is 11.4 Å². The van der Waals surface area contributed by atoms with Crippen molar-refractivity contribution >= 4 is 46.2 Å². The molecule has 0 spiro atoms. The molecule has 0 atom stereocenters. The predicted octanol–water partition coefficient (Wildman–Crippen LogP) is 4.38. The Balaban J connectivity index is 1.61. The number of nitrogens with one attached hydrogen (secondary N) is 1. The van der Waals surface area contributed by atoms with Gasteiger partial charge < -0.3 is 9.80 Å². The Morgan fingerprint density at radius 1 is 1.10 bits per heavy atom. The SMILES string of the molecule is CC(C)(C)c1ccc(C(=O)NC(=S)N2CCN(c3c(Cl)cccc3[N+](=O)[O-])CC2)cc1. The van der Waals surface area contributed by atoms with Crippen molar-refractivity contribution in [1.29, 1.82) is 0 Å². The summed E-state index contributed by atoms with van der Waals surface area (Å²) in [6, 6.07) is 12.2. The lowest BCUT2D eigenvalue weighted by atomic mass is 9.87. The van der Waals surface area contributed by atoms with Crippen molar-refractivity contribution in [3.05, 3.63) is 68.7 Å². The van der Waals surface area contributed by atoms with Crippen LogP contribution in [0.25, 0.3) is 0 Å². The van der Waals surface area contributed by atoms with E-state index < -0.39 is 4.92 Å². The Kier molecular flexibility index (Phi) is 6.81. The van der Waals surface area contributed by atoms with E-state index in [-0.39, 0.29) is 17.0 Å². The van der Waals surface area contributed by atoms with Crippen LogP contribution >= 0.6 is 23.8 Å². The highest BCUT2D eigenvalue weighted by Gasteiger charge is 2.27. The number of para-hydroxylation sites is 1. The third kappa shape index (κ3) is 5.32. The molecule has 1 amide bonds. The summed E-state index contributed by atoms with van der Waals surface area (Å²) in [6.07, 6.45) is 0. The molecule has 0 aliphatic carbocycles. The molecule has 1 heterocycles. The Morgan fingerprint density at radius 2 is 1.71 bits per heavy atom. The monoisotopic (exact) mass is 460 g/mol. The maximum atomic E-state index is 12.6. The van der Waals surface area contributed by atoms with Crippen molar-refractivity contribution in [3.8, 4) is 0 Å². The summed E-state index contributed by atoms with van der Waals surface area (Å²) in [6.45, 7) is 8.40. The zero-order valence-electron chi connectivity index (χ0n) is 17.7. The van der Waals surface area contributed by atoms with E-state index in [9.17, 15) is 14.9 Å². The van der Waals surface area contributed by atoms with E-state index in [0.717, 1.165) is 5.56 Å². The summed E-state index contributed by atoms with van der Waals surface area (Å²) in [4.78, 5) is 27.3. The second-order valence-corrected chi connectivity index (χ2v) is 9.22. The van der Waals surface area contributed by atoms with Gasteiger partial charge in [0.1, 0.15) is 5.69 Å². The van der Waals surface area contributed by atoms with Crippen LogP contribution in [0, 0.1) is 10.1 Å². The normalized spacial score (nSPS) is 14.3. The Hall–Kier alpha value is -2.71. The number of nitro groups is 1. The molecule has 2 aromatic carbocycles. The van der Waals surface area contributed by atoms with Crippen molar-refractivity contribution < 1.29 is 9.72 Å². The van der Waals surface area contributed by atoms with E-state index in [2.05, 4.69) is 26.1 Å². The minimum atomic E-state index is -0.427. The Labute approximate surface area is 192 Å². The molecule has 0 saturated carbocycles. The number of nitrogens with zero attached hydrogens (tertiary/aromatic N) is 3. The van der Waals surface area contributed by atoms with Crippen molar-refractivity contribution in [1.82, 2.24) is 10.2 Å². The van der Waals surface area contributed by atoms with Gasteiger partial charge in [-0.15, -0.1) is 0 Å². The number of halogens is 1. The Bertz CT molecular complexity index is 997. The van der Waals surface area contributed by atoms with E-state index in [1.165, 1.54) is 6.07 Å². The minimum Gasteiger partial charge on any atom is -0.361 e. The summed E-state index contributed by atoms with van der Waals surface area (Å²) < 4.78 is 0. The highest BCUT2D eigenvalue weighted by Crippen LogP contribution is 2.35. The molecule has 1 fully saturated rings. The van der Waals surface area contributed by atoms with Crippen molar-refractivity contribution in [2.24, 2.45) is 0 Å². The van der Waals surface area contributed by atoms with Gasteiger partial charge in [-0.05, 0) is 41.4 Å². The molecule has 9 heteroatoms. The third-order valence-corrected chi connectivity index (χ3v) is 5.94. The molecule has 1 aliphatic heterocycles. The molecule has 7 nitrogen and oxygen atoms in total. The lowest BCUT2D eigenvalue weighted by Gasteiger charge is -2.37. The zero-order chi connectivity index (χ0) is 22.8. The first kappa shape index (κ1) is 23.0. The van der Waals surface area contributed by atoms with E-state index in [0.29, 0.717) is 47.6 Å². The van der Waals surface area contributed by atoms with E-state index in [1.54, 1.807) is 24.3 Å².